The molecule has 1 aromatic carbocycles. The van der Waals surface area contributed by atoms with Gasteiger partial charge in [0.2, 0.25) is 5.91 Å². The summed E-state index contributed by atoms with van der Waals surface area (Å²) in [6, 6.07) is 10.3. The summed E-state index contributed by atoms with van der Waals surface area (Å²) in [6.07, 6.45) is 7.87. The van der Waals surface area contributed by atoms with Gasteiger partial charge in [0, 0.05) is 34.4 Å². The molecule has 7 heteroatoms. The normalized spacial score (nSPS) is 33.0. The number of thiazole rings is 1. The minimum absolute atomic E-state index is 0.0409. The molecule has 35 heavy (non-hydrogen) atoms. The van der Waals surface area contributed by atoms with Crippen molar-refractivity contribution in [2.45, 2.75) is 89.7 Å². The van der Waals surface area contributed by atoms with E-state index < -0.39 is 11.5 Å². The number of anilines is 2. The van der Waals surface area contributed by atoms with E-state index in [0.29, 0.717) is 12.8 Å². The zero-order valence-corrected chi connectivity index (χ0v) is 21.7. The van der Waals surface area contributed by atoms with Crippen LogP contribution in [0, 0.1) is 16.7 Å². The Labute approximate surface area is 212 Å². The number of hydrogen-bond acceptors (Lipinski definition) is 6. The summed E-state index contributed by atoms with van der Waals surface area (Å²) < 4.78 is 0. The van der Waals surface area contributed by atoms with Crippen molar-refractivity contribution in [3.63, 3.8) is 0 Å². The zero-order valence-electron chi connectivity index (χ0n) is 20.9. The molecule has 3 aliphatic rings. The number of nitrogens with one attached hydrogen (secondary N) is 2. The Bertz CT molecular complexity index is 1040. The minimum Gasteiger partial charge on any atom is -0.396 e. The van der Waals surface area contributed by atoms with Gasteiger partial charge in [-0.05, 0) is 55.6 Å². The highest BCUT2D eigenvalue weighted by molar-refractivity contribution is 7.15. The number of para-hydroxylation sites is 1. The molecule has 1 aromatic heterocycles. The van der Waals surface area contributed by atoms with Crippen LogP contribution < -0.4 is 10.6 Å². The second-order valence-electron chi connectivity index (χ2n) is 11.5. The van der Waals surface area contributed by atoms with Gasteiger partial charge in [0.25, 0.3) is 0 Å². The number of nitrogens with zero attached hydrogens (tertiary/aromatic N) is 1. The fourth-order valence-corrected chi connectivity index (χ4v) is 8.15. The molecule has 1 amide bonds. The summed E-state index contributed by atoms with van der Waals surface area (Å²) in [4.78, 5) is 19.6. The standard InChI is InChI=1S/C28H39N3O3S/c1-27-14-13-23(33)28(2,17-32)22(27)16-21-25(31-26(35-21)30-19-11-7-4-8-12-19)20(27)15-24(34)29-18-9-5-3-6-10-18/h4,7-8,11-12,18,20,22-23,32-33H,3,5-6,9-10,13-17H2,1-2H3,(H,29,34)(H,30,31). The fraction of sp³-hybridized carbons (Fsp3) is 0.643. The molecule has 5 atom stereocenters. The van der Waals surface area contributed by atoms with Gasteiger partial charge in [-0.15, -0.1) is 11.3 Å². The molecular formula is C28H39N3O3S. The first kappa shape index (κ1) is 24.7. The molecule has 0 spiro atoms. The lowest BCUT2D eigenvalue weighted by Gasteiger charge is -2.58. The Morgan fingerprint density at radius 1 is 1.14 bits per heavy atom. The van der Waals surface area contributed by atoms with E-state index in [1.165, 1.54) is 24.1 Å². The Hall–Kier alpha value is -1.96. The van der Waals surface area contributed by atoms with Crippen molar-refractivity contribution in [3.8, 4) is 0 Å². The van der Waals surface area contributed by atoms with Crippen molar-refractivity contribution < 1.29 is 15.0 Å². The highest BCUT2D eigenvalue weighted by atomic mass is 32.1. The van der Waals surface area contributed by atoms with Crippen LogP contribution in [0.1, 0.15) is 81.7 Å². The summed E-state index contributed by atoms with van der Waals surface area (Å²) in [7, 11) is 0. The van der Waals surface area contributed by atoms with Gasteiger partial charge in [0.15, 0.2) is 5.13 Å². The summed E-state index contributed by atoms with van der Waals surface area (Å²) in [6.45, 7) is 4.23. The van der Waals surface area contributed by atoms with E-state index >= 15 is 0 Å². The number of aromatic nitrogens is 1. The summed E-state index contributed by atoms with van der Waals surface area (Å²) in [5.74, 6) is 0.145. The second-order valence-corrected chi connectivity index (χ2v) is 12.5. The first-order valence-electron chi connectivity index (χ1n) is 13.2. The quantitative estimate of drug-likeness (QED) is 0.443. The van der Waals surface area contributed by atoms with Crippen LogP contribution in [0.4, 0.5) is 10.8 Å². The monoisotopic (exact) mass is 497 g/mol. The van der Waals surface area contributed by atoms with Gasteiger partial charge in [-0.3, -0.25) is 4.79 Å². The fourth-order valence-electron chi connectivity index (χ4n) is 7.06. The van der Waals surface area contributed by atoms with Crippen LogP contribution >= 0.6 is 11.3 Å². The van der Waals surface area contributed by atoms with E-state index in [2.05, 4.69) is 17.6 Å². The first-order valence-corrected chi connectivity index (χ1v) is 14.0. The molecule has 5 rings (SSSR count). The number of hydrogen-bond donors (Lipinski definition) is 4. The van der Waals surface area contributed by atoms with E-state index in [1.54, 1.807) is 11.3 Å². The van der Waals surface area contributed by atoms with E-state index in [4.69, 9.17) is 4.98 Å². The van der Waals surface area contributed by atoms with Gasteiger partial charge in [0.1, 0.15) is 0 Å². The average Bonchev–Trinajstić information content (AvgIpc) is 3.26. The van der Waals surface area contributed by atoms with Crippen LogP contribution in [0.15, 0.2) is 30.3 Å². The summed E-state index contributed by atoms with van der Waals surface area (Å²) >= 11 is 1.65. The maximum Gasteiger partial charge on any atom is 0.220 e. The number of fused-ring (bicyclic) bond motifs is 2. The second kappa shape index (κ2) is 9.83. The van der Waals surface area contributed by atoms with Crippen LogP contribution in [-0.2, 0) is 11.2 Å². The topological polar surface area (TPSA) is 94.5 Å². The van der Waals surface area contributed by atoms with Gasteiger partial charge in [-0.25, -0.2) is 4.98 Å². The third-order valence-corrected chi connectivity index (χ3v) is 10.3. The van der Waals surface area contributed by atoms with E-state index in [0.717, 1.165) is 42.2 Å². The molecule has 5 unspecified atom stereocenters. The van der Waals surface area contributed by atoms with Gasteiger partial charge < -0.3 is 20.8 Å². The Morgan fingerprint density at radius 2 is 1.89 bits per heavy atom. The third-order valence-electron chi connectivity index (χ3n) is 9.28. The molecule has 190 valence electrons. The largest absolute Gasteiger partial charge is 0.396 e. The molecule has 0 bridgehead atoms. The highest BCUT2D eigenvalue weighted by Crippen LogP contribution is 2.62. The van der Waals surface area contributed by atoms with Gasteiger partial charge >= 0.3 is 0 Å². The number of aliphatic hydroxyl groups is 2. The van der Waals surface area contributed by atoms with Gasteiger partial charge in [0.05, 0.1) is 18.4 Å². The maximum atomic E-state index is 13.3. The van der Waals surface area contributed by atoms with Crippen molar-refractivity contribution in [2.24, 2.45) is 16.7 Å². The molecule has 2 saturated carbocycles. The predicted molar refractivity (Wildman–Crippen MR) is 140 cm³/mol. The molecule has 1 heterocycles. The van der Waals surface area contributed by atoms with Crippen LogP contribution in [0.25, 0.3) is 0 Å². The maximum absolute atomic E-state index is 13.3. The van der Waals surface area contributed by atoms with E-state index in [-0.39, 0.29) is 35.8 Å². The summed E-state index contributed by atoms with van der Waals surface area (Å²) in [5, 5.41) is 29.0. The minimum atomic E-state index is -0.597. The molecule has 6 nitrogen and oxygen atoms in total. The molecule has 0 aliphatic heterocycles. The van der Waals surface area contributed by atoms with Crippen LogP contribution in [0.3, 0.4) is 0 Å². The molecule has 2 fully saturated rings. The van der Waals surface area contributed by atoms with Crippen molar-refractivity contribution in [1.82, 2.24) is 10.3 Å². The number of benzene rings is 1. The van der Waals surface area contributed by atoms with Crippen molar-refractivity contribution in [2.75, 3.05) is 11.9 Å². The van der Waals surface area contributed by atoms with E-state index in [9.17, 15) is 15.0 Å². The number of carbonyl (C=O) groups is 1. The Morgan fingerprint density at radius 3 is 2.60 bits per heavy atom. The highest BCUT2D eigenvalue weighted by Gasteiger charge is 2.59. The smallest absolute Gasteiger partial charge is 0.220 e. The van der Waals surface area contributed by atoms with Crippen LogP contribution in [0.5, 0.6) is 0 Å². The molecule has 0 saturated heterocycles. The van der Waals surface area contributed by atoms with Crippen molar-refractivity contribution in [1.29, 1.82) is 0 Å². The van der Waals surface area contributed by atoms with Crippen molar-refractivity contribution >= 4 is 28.1 Å². The number of rotatable bonds is 6. The van der Waals surface area contributed by atoms with E-state index in [1.807, 2.05) is 37.3 Å². The van der Waals surface area contributed by atoms with Crippen molar-refractivity contribution in [3.05, 3.63) is 40.9 Å². The number of amides is 1. The first-order chi connectivity index (χ1) is 16.8. The lowest BCUT2D eigenvalue weighted by molar-refractivity contribution is -0.144. The predicted octanol–water partition coefficient (Wildman–Crippen LogP) is 5.14. The van der Waals surface area contributed by atoms with Crippen LogP contribution in [-0.4, -0.2) is 39.9 Å². The molecule has 2 aromatic rings. The third kappa shape index (κ3) is 4.63. The summed E-state index contributed by atoms with van der Waals surface area (Å²) in [5.41, 5.74) is 1.21. The number of carbonyl (C=O) groups excluding carboxylic acids is 1. The Balaban J connectivity index is 1.48. The Kier molecular flexibility index (Phi) is 6.94. The number of aliphatic hydroxyl groups excluding tert-OH is 2. The lowest BCUT2D eigenvalue weighted by Crippen LogP contribution is -2.57. The molecular weight excluding hydrogens is 458 g/mol. The van der Waals surface area contributed by atoms with Gasteiger partial charge in [-0.2, -0.15) is 0 Å². The SMILES string of the molecule is CC1(CO)C(O)CCC2(C)C(CC(=O)NC3CCCCC3)c3nc(Nc4ccccc4)sc3CC12. The van der Waals surface area contributed by atoms with Gasteiger partial charge in [-0.1, -0.05) is 51.3 Å². The molecule has 3 aliphatic carbocycles. The lowest BCUT2D eigenvalue weighted by atomic mass is 9.47. The average molecular weight is 498 g/mol. The zero-order chi connectivity index (χ0) is 24.6. The van der Waals surface area contributed by atoms with Crippen LogP contribution in [0.2, 0.25) is 0 Å². The molecule has 0 radical (unpaired) electrons. The molecule has 4 N–H and O–H groups in total.